The monoisotopic (exact) mass is 612 g/mol. The normalized spacial score (nSPS) is 36.2. The second kappa shape index (κ2) is 11.6. The quantitative estimate of drug-likeness (QED) is 0.0603. The van der Waals surface area contributed by atoms with Crippen LogP contribution in [-0.4, -0.2) is 31.2 Å². The Labute approximate surface area is 258 Å². The summed E-state index contributed by atoms with van der Waals surface area (Å²) < 4.78 is 12.1. The molecule has 1 aromatic carbocycles. The van der Waals surface area contributed by atoms with Crippen LogP contribution in [0.1, 0.15) is 99.3 Å². The maximum atomic E-state index is 12.3. The Morgan fingerprint density at radius 2 is 1.63 bits per heavy atom. The van der Waals surface area contributed by atoms with E-state index >= 15 is 0 Å². The van der Waals surface area contributed by atoms with Crippen LogP contribution < -0.4 is 4.74 Å². The molecule has 1 aromatic rings. The fraction of sp³-hybridized carbons (Fsp3) is 0.765. The first-order chi connectivity index (χ1) is 20.0. The zero-order chi connectivity index (χ0) is 31.4. The molecule has 0 aromatic heterocycles. The summed E-state index contributed by atoms with van der Waals surface area (Å²) in [4.78, 5) is 27.8. The van der Waals surface area contributed by atoms with Crippen molar-refractivity contribution < 1.29 is 23.7 Å². The molecule has 0 bridgehead atoms. The third-order valence-corrected chi connectivity index (χ3v) is 17.4. The molecule has 4 fully saturated rings. The topological polar surface area (TPSA) is 100 Å². The van der Waals surface area contributed by atoms with Gasteiger partial charge in [0, 0.05) is 24.2 Å². The molecule has 8 atom stereocenters. The predicted molar refractivity (Wildman–Crippen MR) is 171 cm³/mol. The van der Waals surface area contributed by atoms with Crippen molar-refractivity contribution >= 4 is 25.9 Å². The second-order valence-corrected chi connectivity index (χ2v) is 20.8. The fourth-order valence-corrected chi connectivity index (χ4v) is 10.9. The first kappa shape index (κ1) is 32.1. The maximum Gasteiger partial charge on any atom is 0.540 e. The number of carbonyl (C=O) groups excluding carboxylic acids is 1. The number of fused-ring (bicyclic) bond motifs is 5. The summed E-state index contributed by atoms with van der Waals surface area (Å²) in [6, 6.07) is 5.32. The molecule has 1 unspecified atom stereocenters. The smallest absolute Gasteiger partial charge is 0.414 e. The summed E-state index contributed by atoms with van der Waals surface area (Å²) >= 11 is 0. The summed E-state index contributed by atoms with van der Waals surface area (Å²) in [5.41, 5.74) is 1.35. The van der Waals surface area contributed by atoms with Crippen LogP contribution in [0.25, 0.3) is 0 Å². The summed E-state index contributed by atoms with van der Waals surface area (Å²) in [6.07, 6.45) is 10.6. The molecule has 0 amide bonds. The number of nitro benzene ring substituents is 1. The van der Waals surface area contributed by atoms with E-state index in [-0.39, 0.29) is 27.8 Å². The third-order valence-electron chi connectivity index (χ3n) is 12.9. The molecular weight excluding hydrogens is 560 g/mol. The molecule has 0 saturated heterocycles. The Morgan fingerprint density at radius 3 is 2.28 bits per heavy atom. The third kappa shape index (κ3) is 6.05. The van der Waals surface area contributed by atoms with Crippen molar-refractivity contribution in [2.75, 3.05) is 0 Å². The number of rotatable bonds is 6. The number of non-ortho nitro benzene ring substituents is 1. The molecule has 4 aliphatic carbocycles. The van der Waals surface area contributed by atoms with Crippen molar-refractivity contribution in [1.82, 2.24) is 0 Å². The van der Waals surface area contributed by atoms with Gasteiger partial charge in [-0.05, 0) is 129 Å². The number of hydrogen-bond donors (Lipinski definition) is 0. The number of nitro groups is 1. The van der Waals surface area contributed by atoms with Crippen LogP contribution in [0.2, 0.25) is 18.1 Å². The number of oxime groups is 1. The van der Waals surface area contributed by atoms with Crippen molar-refractivity contribution in [3.63, 3.8) is 0 Å². The van der Waals surface area contributed by atoms with Gasteiger partial charge in [0.2, 0.25) is 0 Å². The molecular formula is C34H52N2O6Si. The Morgan fingerprint density at radius 1 is 0.977 bits per heavy atom. The Bertz CT molecular complexity index is 1240. The molecule has 238 valence electrons. The van der Waals surface area contributed by atoms with Gasteiger partial charge in [-0.15, -0.1) is 0 Å². The van der Waals surface area contributed by atoms with Gasteiger partial charge in [-0.3, -0.25) is 15.0 Å². The molecule has 8 nitrogen and oxygen atoms in total. The van der Waals surface area contributed by atoms with Crippen LogP contribution >= 0.6 is 0 Å². The van der Waals surface area contributed by atoms with E-state index in [1.807, 2.05) is 6.92 Å². The zero-order valence-corrected chi connectivity index (χ0v) is 28.5. The summed E-state index contributed by atoms with van der Waals surface area (Å²) in [5, 5.41) is 15.3. The number of hydrogen-bond acceptors (Lipinski definition) is 7. The van der Waals surface area contributed by atoms with Gasteiger partial charge in [0.1, 0.15) is 5.75 Å². The van der Waals surface area contributed by atoms with E-state index in [0.29, 0.717) is 17.4 Å². The molecule has 0 N–H and O–H groups in total. The van der Waals surface area contributed by atoms with E-state index < -0.39 is 19.4 Å². The van der Waals surface area contributed by atoms with Gasteiger partial charge in [0.15, 0.2) is 8.32 Å². The maximum absolute atomic E-state index is 12.3. The van der Waals surface area contributed by atoms with Gasteiger partial charge in [0.25, 0.3) is 5.69 Å². The largest absolute Gasteiger partial charge is 0.540 e. The summed E-state index contributed by atoms with van der Waals surface area (Å²) in [6.45, 7) is 18.9. The van der Waals surface area contributed by atoms with Gasteiger partial charge in [-0.2, -0.15) is 0 Å². The van der Waals surface area contributed by atoms with Gasteiger partial charge in [-0.25, -0.2) is 4.79 Å². The highest BCUT2D eigenvalue weighted by molar-refractivity contribution is 6.74. The Hall–Kier alpha value is -2.26. The summed E-state index contributed by atoms with van der Waals surface area (Å²) in [5.74, 6) is 3.43. The zero-order valence-electron chi connectivity index (χ0n) is 27.5. The lowest BCUT2D eigenvalue weighted by Crippen LogP contribution is -2.55. The van der Waals surface area contributed by atoms with Crippen LogP contribution in [0, 0.1) is 50.5 Å². The van der Waals surface area contributed by atoms with E-state index in [1.54, 1.807) is 0 Å². The Balaban J connectivity index is 1.21. The highest BCUT2D eigenvalue weighted by Crippen LogP contribution is 2.67. The van der Waals surface area contributed by atoms with Gasteiger partial charge in [-0.1, -0.05) is 39.8 Å². The van der Waals surface area contributed by atoms with E-state index in [4.69, 9.17) is 14.0 Å². The van der Waals surface area contributed by atoms with E-state index in [2.05, 4.69) is 52.9 Å². The number of ether oxygens (including phenoxy) is 1. The molecule has 0 radical (unpaired) electrons. The molecule has 0 heterocycles. The lowest BCUT2D eigenvalue weighted by atomic mass is 9.44. The molecule has 4 aliphatic rings. The minimum absolute atomic E-state index is 0.0702. The predicted octanol–water partition coefficient (Wildman–Crippen LogP) is 9.54. The Kier molecular flexibility index (Phi) is 8.66. The van der Waals surface area contributed by atoms with Crippen molar-refractivity contribution in [2.45, 2.75) is 124 Å². The number of benzene rings is 1. The van der Waals surface area contributed by atoms with Gasteiger partial charge < -0.3 is 9.16 Å². The van der Waals surface area contributed by atoms with E-state index in [1.165, 1.54) is 75.6 Å². The van der Waals surface area contributed by atoms with Crippen molar-refractivity contribution in [2.24, 2.45) is 45.6 Å². The highest BCUT2D eigenvalue weighted by Gasteiger charge is 2.61. The summed E-state index contributed by atoms with van der Waals surface area (Å²) in [7, 11) is -1.77. The highest BCUT2D eigenvalue weighted by atomic mass is 28.4. The van der Waals surface area contributed by atoms with Gasteiger partial charge >= 0.3 is 6.16 Å². The molecule has 4 saturated carbocycles. The average molecular weight is 613 g/mol. The standard InChI is InChI=1S/C34H52N2O6Si/c1-22(35-41-31(37)40-25-12-10-24(11-13-25)36(38)39)28-15-16-29-27-14-9-23-21-26(42-43(7,8)32(2,3)4)17-19-33(23,5)30(27)18-20-34(28,29)6/h10-13,23,26-30H,9,14-21H2,1-8H3/b35-22+/t23?,26-,27-,28+,29-,30-,33-,34+/m0/s1. The van der Waals surface area contributed by atoms with Crippen LogP contribution in [0.15, 0.2) is 29.4 Å². The van der Waals surface area contributed by atoms with Crippen molar-refractivity contribution in [3.8, 4) is 5.75 Å². The van der Waals surface area contributed by atoms with E-state index in [0.717, 1.165) is 29.9 Å². The van der Waals surface area contributed by atoms with Crippen molar-refractivity contribution in [3.05, 3.63) is 34.4 Å². The van der Waals surface area contributed by atoms with Crippen molar-refractivity contribution in [1.29, 1.82) is 0 Å². The number of nitrogens with zero attached hydrogens (tertiary/aromatic N) is 2. The molecule has 9 heteroatoms. The SMILES string of the molecule is C/C(=N\OC(=O)Oc1ccc([N+](=O)[O-])cc1)[C@H]1CC[C@H]2[C@@H]3CCC4C[C@@H](O[Si](C)(C)C(C)(C)C)CC[C@]4(C)[C@H]3CC[C@]12C. The van der Waals surface area contributed by atoms with Crippen LogP contribution in [0.5, 0.6) is 5.75 Å². The second-order valence-electron chi connectivity index (χ2n) is 16.0. The van der Waals surface area contributed by atoms with E-state index in [9.17, 15) is 14.9 Å². The van der Waals surface area contributed by atoms with Gasteiger partial charge in [0.05, 0.1) is 10.6 Å². The lowest BCUT2D eigenvalue weighted by Gasteiger charge is -2.61. The minimum atomic E-state index is -1.77. The minimum Gasteiger partial charge on any atom is -0.414 e. The number of carbonyl (C=O) groups is 1. The fourth-order valence-electron chi connectivity index (χ4n) is 9.53. The molecule has 0 spiro atoms. The first-order valence-electron chi connectivity index (χ1n) is 16.4. The first-order valence-corrected chi connectivity index (χ1v) is 19.3. The van der Waals surface area contributed by atoms with Crippen LogP contribution in [-0.2, 0) is 9.26 Å². The van der Waals surface area contributed by atoms with Crippen LogP contribution in [0.4, 0.5) is 10.5 Å². The average Bonchev–Trinajstić information content (AvgIpc) is 3.29. The molecule has 5 rings (SSSR count). The molecule has 43 heavy (non-hydrogen) atoms. The van der Waals surface area contributed by atoms with Crippen LogP contribution in [0.3, 0.4) is 0 Å². The molecule has 0 aliphatic heterocycles. The lowest BCUT2D eigenvalue weighted by molar-refractivity contribution is -0.384.